The number of aliphatic carboxylic acids is 1. The van der Waals surface area contributed by atoms with E-state index in [9.17, 15) is 9.59 Å². The largest absolute Gasteiger partial charge is 0.480 e. The van der Waals surface area contributed by atoms with Crippen molar-refractivity contribution in [2.24, 2.45) is 0 Å². The number of carboxylic acid groups (broad SMARTS) is 1. The van der Waals surface area contributed by atoms with E-state index in [1.807, 2.05) is 0 Å². The maximum Gasteiger partial charge on any atom is 0.325 e. The number of rotatable bonds is 4. The molecule has 0 aromatic carbocycles. The normalized spacial score (nSPS) is 22.1. The summed E-state index contributed by atoms with van der Waals surface area (Å²) >= 11 is 0. The molecule has 1 aliphatic rings. The van der Waals surface area contributed by atoms with E-state index in [0.717, 1.165) is 19.4 Å². The monoisotopic (exact) mass is 216 g/mol. The summed E-state index contributed by atoms with van der Waals surface area (Å²) in [6.07, 6.45) is 2.02. The molecule has 2 atom stereocenters. The van der Waals surface area contributed by atoms with Gasteiger partial charge >= 0.3 is 12.0 Å². The van der Waals surface area contributed by atoms with Crippen molar-refractivity contribution in [1.82, 2.24) is 10.6 Å². The van der Waals surface area contributed by atoms with Crippen molar-refractivity contribution in [3.8, 4) is 0 Å². The Labute approximate surface area is 88.0 Å². The van der Waals surface area contributed by atoms with Crippen LogP contribution in [0.3, 0.4) is 0 Å². The summed E-state index contributed by atoms with van der Waals surface area (Å²) in [6, 6.07) is -1.35. The van der Waals surface area contributed by atoms with Crippen LogP contribution < -0.4 is 10.6 Å². The zero-order valence-electron chi connectivity index (χ0n) is 8.66. The predicted molar refractivity (Wildman–Crippen MR) is 52.6 cm³/mol. The summed E-state index contributed by atoms with van der Waals surface area (Å²) in [5.74, 6) is -1.05. The lowest BCUT2D eigenvalue weighted by Crippen LogP contribution is -2.46. The van der Waals surface area contributed by atoms with Crippen LogP contribution in [0.1, 0.15) is 19.8 Å². The molecule has 86 valence electrons. The number of amides is 2. The van der Waals surface area contributed by atoms with Gasteiger partial charge in [0.05, 0.1) is 6.10 Å². The lowest BCUT2D eigenvalue weighted by atomic mass is 10.2. The van der Waals surface area contributed by atoms with Crippen LogP contribution in [-0.2, 0) is 9.53 Å². The van der Waals surface area contributed by atoms with Gasteiger partial charge in [0.15, 0.2) is 0 Å². The van der Waals surface area contributed by atoms with Crippen LogP contribution in [0.15, 0.2) is 0 Å². The molecule has 0 aromatic rings. The molecule has 0 saturated carbocycles. The SMILES string of the molecule is CC(NC(=O)NCC1CCCO1)C(=O)O. The summed E-state index contributed by atoms with van der Waals surface area (Å²) in [6.45, 7) is 2.58. The fourth-order valence-corrected chi connectivity index (χ4v) is 1.32. The standard InChI is InChI=1S/C9H16N2O4/c1-6(8(12)13)11-9(14)10-5-7-3-2-4-15-7/h6-7H,2-5H2,1H3,(H,12,13)(H2,10,11,14). The molecule has 0 radical (unpaired) electrons. The van der Waals surface area contributed by atoms with E-state index < -0.39 is 18.0 Å². The van der Waals surface area contributed by atoms with Crippen molar-refractivity contribution < 1.29 is 19.4 Å². The highest BCUT2D eigenvalue weighted by molar-refractivity contribution is 5.82. The van der Waals surface area contributed by atoms with Crippen LogP contribution in [0.4, 0.5) is 4.79 Å². The molecule has 2 amide bonds. The highest BCUT2D eigenvalue weighted by atomic mass is 16.5. The fraction of sp³-hybridized carbons (Fsp3) is 0.778. The van der Waals surface area contributed by atoms with E-state index in [1.54, 1.807) is 0 Å². The summed E-state index contributed by atoms with van der Waals surface area (Å²) in [5, 5.41) is 13.4. The minimum absolute atomic E-state index is 0.0656. The molecule has 1 saturated heterocycles. The average Bonchev–Trinajstić information content (AvgIpc) is 2.66. The Morgan fingerprint density at radius 1 is 1.60 bits per heavy atom. The van der Waals surface area contributed by atoms with Gasteiger partial charge in [0.25, 0.3) is 0 Å². The first-order chi connectivity index (χ1) is 7.09. The molecule has 3 N–H and O–H groups in total. The Morgan fingerprint density at radius 2 is 2.33 bits per heavy atom. The molecule has 0 bridgehead atoms. The Kier molecular flexibility index (Phi) is 4.36. The van der Waals surface area contributed by atoms with E-state index in [4.69, 9.17) is 9.84 Å². The first-order valence-electron chi connectivity index (χ1n) is 4.98. The Morgan fingerprint density at radius 3 is 2.87 bits per heavy atom. The second-order valence-electron chi connectivity index (χ2n) is 3.55. The predicted octanol–water partition coefficient (Wildman–Crippen LogP) is -0.0623. The quantitative estimate of drug-likeness (QED) is 0.614. The van der Waals surface area contributed by atoms with Gasteiger partial charge in [-0.1, -0.05) is 0 Å². The third-order valence-electron chi connectivity index (χ3n) is 2.23. The van der Waals surface area contributed by atoms with Crippen LogP contribution in [-0.4, -0.2) is 42.4 Å². The van der Waals surface area contributed by atoms with Gasteiger partial charge < -0.3 is 20.5 Å². The number of nitrogens with one attached hydrogen (secondary N) is 2. The topological polar surface area (TPSA) is 87.7 Å². The second kappa shape index (κ2) is 5.55. The molecule has 1 fully saturated rings. The average molecular weight is 216 g/mol. The minimum atomic E-state index is -1.05. The number of carbonyl (C=O) groups excluding carboxylic acids is 1. The van der Waals surface area contributed by atoms with E-state index in [0.29, 0.717) is 6.54 Å². The fourth-order valence-electron chi connectivity index (χ4n) is 1.32. The minimum Gasteiger partial charge on any atom is -0.480 e. The number of carbonyl (C=O) groups is 2. The zero-order chi connectivity index (χ0) is 11.3. The number of urea groups is 1. The van der Waals surface area contributed by atoms with Crippen molar-refractivity contribution in [3.63, 3.8) is 0 Å². The highest BCUT2D eigenvalue weighted by Crippen LogP contribution is 2.10. The van der Waals surface area contributed by atoms with Crippen LogP contribution in [0.2, 0.25) is 0 Å². The van der Waals surface area contributed by atoms with Crippen LogP contribution in [0.5, 0.6) is 0 Å². The summed E-state index contributed by atoms with van der Waals surface area (Å²) < 4.78 is 5.30. The van der Waals surface area contributed by atoms with Gasteiger partial charge in [-0.2, -0.15) is 0 Å². The number of hydrogen-bond acceptors (Lipinski definition) is 3. The maximum atomic E-state index is 11.2. The van der Waals surface area contributed by atoms with Gasteiger partial charge in [-0.05, 0) is 19.8 Å². The molecule has 0 spiro atoms. The van der Waals surface area contributed by atoms with E-state index in [2.05, 4.69) is 10.6 Å². The van der Waals surface area contributed by atoms with Crippen LogP contribution in [0.25, 0.3) is 0 Å². The summed E-state index contributed by atoms with van der Waals surface area (Å²) in [5.41, 5.74) is 0. The van der Waals surface area contributed by atoms with Crippen molar-refractivity contribution >= 4 is 12.0 Å². The van der Waals surface area contributed by atoms with Crippen molar-refractivity contribution in [1.29, 1.82) is 0 Å². The highest BCUT2D eigenvalue weighted by Gasteiger charge is 2.18. The third kappa shape index (κ3) is 4.16. The lowest BCUT2D eigenvalue weighted by molar-refractivity contribution is -0.138. The maximum absolute atomic E-state index is 11.2. The number of ether oxygens (including phenoxy) is 1. The second-order valence-corrected chi connectivity index (χ2v) is 3.55. The van der Waals surface area contributed by atoms with E-state index in [-0.39, 0.29) is 6.10 Å². The molecule has 6 nitrogen and oxygen atoms in total. The van der Waals surface area contributed by atoms with Crippen LogP contribution >= 0.6 is 0 Å². The molecule has 0 aromatic heterocycles. The Balaban J connectivity index is 2.15. The van der Waals surface area contributed by atoms with Crippen LogP contribution in [0, 0.1) is 0 Å². The number of carboxylic acids is 1. The van der Waals surface area contributed by atoms with Gasteiger partial charge in [-0.3, -0.25) is 4.79 Å². The number of hydrogen-bond donors (Lipinski definition) is 3. The molecular formula is C9H16N2O4. The van der Waals surface area contributed by atoms with Gasteiger partial charge in [0.2, 0.25) is 0 Å². The van der Waals surface area contributed by atoms with Gasteiger partial charge in [0, 0.05) is 13.2 Å². The molecule has 0 aliphatic carbocycles. The Bertz CT molecular complexity index is 238. The zero-order valence-corrected chi connectivity index (χ0v) is 8.66. The van der Waals surface area contributed by atoms with Gasteiger partial charge in [0.1, 0.15) is 6.04 Å². The summed E-state index contributed by atoms with van der Waals surface area (Å²) in [4.78, 5) is 21.6. The first kappa shape index (κ1) is 11.8. The molecule has 1 rings (SSSR count). The first-order valence-corrected chi connectivity index (χ1v) is 4.98. The third-order valence-corrected chi connectivity index (χ3v) is 2.23. The van der Waals surface area contributed by atoms with Crippen molar-refractivity contribution in [2.45, 2.75) is 31.9 Å². The Hall–Kier alpha value is -1.30. The molecular weight excluding hydrogens is 200 g/mol. The molecule has 15 heavy (non-hydrogen) atoms. The van der Waals surface area contributed by atoms with E-state index in [1.165, 1.54) is 6.92 Å². The lowest BCUT2D eigenvalue weighted by Gasteiger charge is -2.13. The van der Waals surface area contributed by atoms with Crippen molar-refractivity contribution in [3.05, 3.63) is 0 Å². The summed E-state index contributed by atoms with van der Waals surface area (Å²) in [7, 11) is 0. The van der Waals surface area contributed by atoms with Crippen molar-refractivity contribution in [2.75, 3.05) is 13.2 Å². The van der Waals surface area contributed by atoms with Gasteiger partial charge in [-0.15, -0.1) is 0 Å². The van der Waals surface area contributed by atoms with Gasteiger partial charge in [-0.25, -0.2) is 4.79 Å². The molecule has 1 heterocycles. The molecule has 2 unspecified atom stereocenters. The molecule has 6 heteroatoms. The molecule has 1 aliphatic heterocycles. The smallest absolute Gasteiger partial charge is 0.325 e. The van der Waals surface area contributed by atoms with E-state index >= 15 is 0 Å².